The predicted octanol–water partition coefficient (Wildman–Crippen LogP) is 2.76. The van der Waals surface area contributed by atoms with Gasteiger partial charge in [-0.1, -0.05) is 23.3 Å². The first kappa shape index (κ1) is 17.1. The Morgan fingerprint density at radius 3 is 2.22 bits per heavy atom. The molecule has 0 spiro atoms. The third-order valence-electron chi connectivity index (χ3n) is 4.55. The zero-order chi connectivity index (χ0) is 17.0. The van der Waals surface area contributed by atoms with Crippen molar-refractivity contribution in [1.29, 1.82) is 0 Å². The number of methoxy groups -OCH3 is 1. The Kier molecular flexibility index (Phi) is 5.42. The number of carboxylic acid groups (broad SMARTS) is 1. The molecule has 1 aliphatic carbocycles. The molecule has 1 aliphatic rings. The van der Waals surface area contributed by atoms with Crippen molar-refractivity contribution in [1.82, 2.24) is 5.32 Å². The van der Waals surface area contributed by atoms with E-state index in [1.807, 2.05) is 38.1 Å². The van der Waals surface area contributed by atoms with Gasteiger partial charge in [0.05, 0.1) is 18.9 Å². The van der Waals surface area contributed by atoms with Crippen molar-refractivity contribution in [3.63, 3.8) is 0 Å². The monoisotopic (exact) mass is 317 g/mol. The van der Waals surface area contributed by atoms with Gasteiger partial charge < -0.3 is 15.2 Å². The van der Waals surface area contributed by atoms with Crippen molar-refractivity contribution >= 4 is 11.9 Å². The fraction of sp³-hybridized carbons (Fsp3) is 0.444. The van der Waals surface area contributed by atoms with E-state index in [0.717, 1.165) is 22.5 Å². The molecule has 23 heavy (non-hydrogen) atoms. The average Bonchev–Trinajstić information content (AvgIpc) is 2.55. The lowest BCUT2D eigenvalue weighted by Gasteiger charge is -2.29. The molecule has 0 aromatic heterocycles. The van der Waals surface area contributed by atoms with Crippen LogP contribution >= 0.6 is 0 Å². The molecule has 0 unspecified atom stereocenters. The lowest BCUT2D eigenvalue weighted by Crippen LogP contribution is -2.39. The fourth-order valence-electron chi connectivity index (χ4n) is 2.89. The Morgan fingerprint density at radius 2 is 1.70 bits per heavy atom. The normalized spacial score (nSPS) is 21.0. The van der Waals surface area contributed by atoms with Gasteiger partial charge in [-0.15, -0.1) is 0 Å². The molecule has 124 valence electrons. The minimum atomic E-state index is -0.901. The highest BCUT2D eigenvalue weighted by Crippen LogP contribution is 2.34. The molecular formula is C18H23NO4. The molecule has 0 heterocycles. The van der Waals surface area contributed by atoms with Gasteiger partial charge in [-0.05, 0) is 44.4 Å². The number of benzene rings is 1. The van der Waals surface area contributed by atoms with Gasteiger partial charge in [-0.3, -0.25) is 9.59 Å². The number of ether oxygens (including phenoxy) is 1. The average molecular weight is 317 g/mol. The first-order valence-corrected chi connectivity index (χ1v) is 7.71. The van der Waals surface area contributed by atoms with Crippen LogP contribution in [0.2, 0.25) is 0 Å². The van der Waals surface area contributed by atoms with E-state index in [1.165, 1.54) is 0 Å². The standard InChI is InChI=1S/C18H23NO4/c1-11-8-15(16(18(21)22)9-12(11)2)17(20)19-10-13-4-6-14(23-3)7-5-13/h4-7,15-16H,8-10H2,1-3H3,(H,19,20)(H,21,22)/t15-,16-/m1/s1. The minimum absolute atomic E-state index is 0.194. The molecule has 0 saturated carbocycles. The Labute approximate surface area is 136 Å². The number of allylic oxidation sites excluding steroid dienone is 2. The van der Waals surface area contributed by atoms with E-state index >= 15 is 0 Å². The summed E-state index contributed by atoms with van der Waals surface area (Å²) in [6.07, 6.45) is 0.957. The molecule has 1 aromatic rings. The summed E-state index contributed by atoms with van der Waals surface area (Å²) in [7, 11) is 1.60. The third kappa shape index (κ3) is 4.12. The Bertz CT molecular complexity index is 618. The maximum absolute atomic E-state index is 12.4. The summed E-state index contributed by atoms with van der Waals surface area (Å²) in [6, 6.07) is 7.42. The van der Waals surface area contributed by atoms with Crippen LogP contribution in [0.3, 0.4) is 0 Å². The maximum atomic E-state index is 12.4. The van der Waals surface area contributed by atoms with Crippen molar-refractivity contribution in [3.8, 4) is 5.75 Å². The van der Waals surface area contributed by atoms with Gasteiger partial charge in [0.2, 0.25) is 5.91 Å². The van der Waals surface area contributed by atoms with Gasteiger partial charge >= 0.3 is 5.97 Å². The summed E-state index contributed by atoms with van der Waals surface area (Å²) in [6.45, 7) is 4.29. The van der Waals surface area contributed by atoms with Crippen LogP contribution in [-0.2, 0) is 16.1 Å². The molecule has 2 N–H and O–H groups in total. The van der Waals surface area contributed by atoms with Gasteiger partial charge in [0, 0.05) is 6.54 Å². The van der Waals surface area contributed by atoms with E-state index in [0.29, 0.717) is 19.4 Å². The van der Waals surface area contributed by atoms with Gasteiger partial charge in [-0.2, -0.15) is 0 Å². The van der Waals surface area contributed by atoms with Gasteiger partial charge in [0.1, 0.15) is 5.75 Å². The molecule has 0 fully saturated rings. The van der Waals surface area contributed by atoms with Crippen molar-refractivity contribution in [2.75, 3.05) is 7.11 Å². The summed E-state index contributed by atoms with van der Waals surface area (Å²) >= 11 is 0. The first-order valence-electron chi connectivity index (χ1n) is 7.71. The summed E-state index contributed by atoms with van der Waals surface area (Å²) in [5.74, 6) is -1.49. The smallest absolute Gasteiger partial charge is 0.307 e. The molecule has 0 aliphatic heterocycles. The molecule has 1 amide bonds. The molecule has 0 radical (unpaired) electrons. The number of carbonyl (C=O) groups is 2. The molecular weight excluding hydrogens is 294 g/mol. The van der Waals surface area contributed by atoms with Crippen molar-refractivity contribution in [3.05, 3.63) is 41.0 Å². The number of hydrogen-bond donors (Lipinski definition) is 2. The largest absolute Gasteiger partial charge is 0.497 e. The summed E-state index contributed by atoms with van der Waals surface area (Å²) in [5, 5.41) is 12.2. The van der Waals surface area contributed by atoms with Crippen LogP contribution in [0.4, 0.5) is 0 Å². The number of aliphatic carboxylic acids is 1. The second-order valence-electron chi connectivity index (χ2n) is 6.09. The Hall–Kier alpha value is -2.30. The van der Waals surface area contributed by atoms with Crippen LogP contribution in [0.5, 0.6) is 5.75 Å². The van der Waals surface area contributed by atoms with Crippen LogP contribution in [0.25, 0.3) is 0 Å². The van der Waals surface area contributed by atoms with Crippen LogP contribution in [0.15, 0.2) is 35.4 Å². The molecule has 5 nitrogen and oxygen atoms in total. The highest BCUT2D eigenvalue weighted by atomic mass is 16.5. The SMILES string of the molecule is COc1ccc(CNC(=O)[C@@H]2CC(C)=C(C)C[C@H]2C(=O)O)cc1. The third-order valence-corrected chi connectivity index (χ3v) is 4.55. The van der Waals surface area contributed by atoms with Gasteiger partial charge in [-0.25, -0.2) is 0 Å². The number of rotatable bonds is 5. The molecule has 0 saturated heterocycles. The molecule has 2 atom stereocenters. The van der Waals surface area contributed by atoms with Crippen LogP contribution < -0.4 is 10.1 Å². The molecule has 0 bridgehead atoms. The van der Waals surface area contributed by atoms with Crippen molar-refractivity contribution in [2.24, 2.45) is 11.8 Å². The predicted molar refractivity (Wildman–Crippen MR) is 87.1 cm³/mol. The molecule has 1 aromatic carbocycles. The van der Waals surface area contributed by atoms with Gasteiger partial charge in [0.25, 0.3) is 0 Å². The second-order valence-corrected chi connectivity index (χ2v) is 6.09. The zero-order valence-electron chi connectivity index (χ0n) is 13.8. The Balaban J connectivity index is 2.02. The summed E-state index contributed by atoms with van der Waals surface area (Å²) in [4.78, 5) is 23.9. The summed E-state index contributed by atoms with van der Waals surface area (Å²) in [5.41, 5.74) is 3.15. The van der Waals surface area contributed by atoms with E-state index in [9.17, 15) is 14.7 Å². The zero-order valence-corrected chi connectivity index (χ0v) is 13.8. The minimum Gasteiger partial charge on any atom is -0.497 e. The molecule has 2 rings (SSSR count). The highest BCUT2D eigenvalue weighted by Gasteiger charge is 2.37. The number of nitrogens with one attached hydrogen (secondary N) is 1. The lowest BCUT2D eigenvalue weighted by molar-refractivity contribution is -0.147. The second kappa shape index (κ2) is 7.31. The Morgan fingerprint density at radius 1 is 1.13 bits per heavy atom. The quantitative estimate of drug-likeness (QED) is 0.819. The number of hydrogen-bond acceptors (Lipinski definition) is 3. The fourth-order valence-corrected chi connectivity index (χ4v) is 2.89. The lowest BCUT2D eigenvalue weighted by atomic mass is 9.76. The van der Waals surface area contributed by atoms with E-state index < -0.39 is 17.8 Å². The van der Waals surface area contributed by atoms with E-state index in [-0.39, 0.29) is 5.91 Å². The van der Waals surface area contributed by atoms with Crippen LogP contribution in [0.1, 0.15) is 32.3 Å². The number of amides is 1. The van der Waals surface area contributed by atoms with E-state index in [4.69, 9.17) is 4.74 Å². The summed E-state index contributed by atoms with van der Waals surface area (Å²) < 4.78 is 5.09. The maximum Gasteiger partial charge on any atom is 0.307 e. The highest BCUT2D eigenvalue weighted by molar-refractivity contribution is 5.85. The van der Waals surface area contributed by atoms with E-state index in [1.54, 1.807) is 7.11 Å². The van der Waals surface area contributed by atoms with Crippen molar-refractivity contribution < 1.29 is 19.4 Å². The van der Waals surface area contributed by atoms with Gasteiger partial charge in [0.15, 0.2) is 0 Å². The van der Waals surface area contributed by atoms with E-state index in [2.05, 4.69) is 5.32 Å². The number of carbonyl (C=O) groups excluding carboxylic acids is 1. The van der Waals surface area contributed by atoms with Crippen molar-refractivity contribution in [2.45, 2.75) is 33.2 Å². The first-order chi connectivity index (χ1) is 10.9. The van der Waals surface area contributed by atoms with Crippen LogP contribution in [0, 0.1) is 11.8 Å². The van der Waals surface area contributed by atoms with Crippen LogP contribution in [-0.4, -0.2) is 24.1 Å². The topological polar surface area (TPSA) is 75.6 Å². The number of carboxylic acids is 1. The molecule has 5 heteroatoms.